The van der Waals surface area contributed by atoms with Crippen LogP contribution in [0.25, 0.3) is 0 Å². The third-order valence-corrected chi connectivity index (χ3v) is 6.32. The van der Waals surface area contributed by atoms with Gasteiger partial charge in [-0.1, -0.05) is 6.92 Å². The Kier molecular flexibility index (Phi) is 2.84. The van der Waals surface area contributed by atoms with E-state index in [1.54, 1.807) is 0 Å². The number of rotatable bonds is 2. The Morgan fingerprint density at radius 2 is 2.12 bits per heavy atom. The largest absolute Gasteiger partial charge is 0.389 e. The van der Waals surface area contributed by atoms with Crippen LogP contribution in [-0.2, 0) is 9.84 Å². The van der Waals surface area contributed by atoms with Gasteiger partial charge in [-0.15, -0.1) is 0 Å². The number of hydrogen-bond donors (Lipinski definition) is 2. The van der Waals surface area contributed by atoms with Crippen molar-refractivity contribution in [2.75, 3.05) is 18.1 Å². The zero-order valence-electron chi connectivity index (χ0n) is 9.78. The van der Waals surface area contributed by atoms with Crippen molar-refractivity contribution >= 4 is 9.84 Å². The van der Waals surface area contributed by atoms with Gasteiger partial charge < -0.3 is 10.8 Å². The second kappa shape index (κ2) is 3.68. The third kappa shape index (κ3) is 1.79. The maximum absolute atomic E-state index is 11.6. The molecule has 4 nitrogen and oxygen atoms in total. The predicted octanol–water partition coefficient (Wildman–Crippen LogP) is 0.301. The minimum absolute atomic E-state index is 0.0692. The van der Waals surface area contributed by atoms with E-state index in [1.165, 1.54) is 0 Å². The fraction of sp³-hybridized carbons (Fsp3) is 1.00. The average molecular weight is 247 g/mol. The first-order valence-corrected chi connectivity index (χ1v) is 7.78. The van der Waals surface area contributed by atoms with Gasteiger partial charge in [0, 0.05) is 12.0 Å². The Morgan fingerprint density at radius 1 is 1.44 bits per heavy atom. The first-order chi connectivity index (χ1) is 7.33. The highest BCUT2D eigenvalue weighted by molar-refractivity contribution is 7.91. The van der Waals surface area contributed by atoms with E-state index in [9.17, 15) is 13.5 Å². The van der Waals surface area contributed by atoms with Gasteiger partial charge in [-0.2, -0.15) is 0 Å². The van der Waals surface area contributed by atoms with Gasteiger partial charge in [0.25, 0.3) is 0 Å². The summed E-state index contributed by atoms with van der Waals surface area (Å²) in [6.07, 6.45) is 2.88. The summed E-state index contributed by atoms with van der Waals surface area (Å²) in [5.41, 5.74) is 4.33. The topological polar surface area (TPSA) is 80.4 Å². The summed E-state index contributed by atoms with van der Waals surface area (Å²) in [5, 5.41) is 10.7. The van der Waals surface area contributed by atoms with E-state index in [2.05, 4.69) is 6.92 Å². The number of aliphatic hydroxyl groups is 1. The van der Waals surface area contributed by atoms with Crippen LogP contribution in [0.5, 0.6) is 0 Å². The first-order valence-electron chi connectivity index (χ1n) is 5.95. The molecule has 1 aliphatic heterocycles. The van der Waals surface area contributed by atoms with Gasteiger partial charge in [0.2, 0.25) is 0 Å². The lowest BCUT2D eigenvalue weighted by Crippen LogP contribution is -2.52. The summed E-state index contributed by atoms with van der Waals surface area (Å²) in [5.74, 6) is 0.720. The van der Waals surface area contributed by atoms with Crippen molar-refractivity contribution in [1.82, 2.24) is 0 Å². The van der Waals surface area contributed by atoms with Crippen molar-refractivity contribution in [2.45, 2.75) is 38.2 Å². The van der Waals surface area contributed by atoms with Crippen LogP contribution in [0.2, 0.25) is 0 Å². The number of sulfone groups is 1. The second-order valence-electron chi connectivity index (χ2n) is 5.71. The molecule has 3 unspecified atom stereocenters. The minimum Gasteiger partial charge on any atom is -0.389 e. The van der Waals surface area contributed by atoms with Crippen LogP contribution < -0.4 is 5.73 Å². The van der Waals surface area contributed by atoms with E-state index in [1.807, 2.05) is 0 Å². The van der Waals surface area contributed by atoms with Gasteiger partial charge in [0.15, 0.2) is 9.84 Å². The summed E-state index contributed by atoms with van der Waals surface area (Å²) in [6, 6.07) is 0. The molecule has 3 atom stereocenters. The van der Waals surface area contributed by atoms with Gasteiger partial charge >= 0.3 is 0 Å². The molecule has 0 amide bonds. The SMILES string of the molecule is CC1CCC(O)(C2(CN)CCS(=O)(=O)C2)C1. The summed E-state index contributed by atoms with van der Waals surface area (Å²) < 4.78 is 23.2. The smallest absolute Gasteiger partial charge is 0.151 e. The molecular weight excluding hydrogens is 226 g/mol. The average Bonchev–Trinajstić information content (AvgIpc) is 2.69. The van der Waals surface area contributed by atoms with E-state index in [0.29, 0.717) is 25.2 Å². The van der Waals surface area contributed by atoms with Crippen LogP contribution in [-0.4, -0.2) is 37.2 Å². The Morgan fingerprint density at radius 3 is 2.50 bits per heavy atom. The fourth-order valence-corrected chi connectivity index (χ4v) is 5.60. The van der Waals surface area contributed by atoms with Gasteiger partial charge in [-0.3, -0.25) is 0 Å². The molecule has 0 spiro atoms. The van der Waals surface area contributed by atoms with Crippen molar-refractivity contribution < 1.29 is 13.5 Å². The van der Waals surface area contributed by atoms with Gasteiger partial charge in [0.05, 0.1) is 17.1 Å². The molecule has 16 heavy (non-hydrogen) atoms. The molecule has 0 aromatic carbocycles. The molecular formula is C11H21NO3S. The molecule has 1 aliphatic carbocycles. The Bertz CT molecular complexity index is 381. The Balaban J connectivity index is 2.30. The summed E-state index contributed by atoms with van der Waals surface area (Å²) in [4.78, 5) is 0. The van der Waals surface area contributed by atoms with Crippen LogP contribution in [0.4, 0.5) is 0 Å². The standard InChI is InChI=1S/C11H21NO3S/c1-9-2-3-11(13,6-9)10(7-12)4-5-16(14,15)8-10/h9,13H,2-8,12H2,1H3. The summed E-state index contributed by atoms with van der Waals surface area (Å²) in [6.45, 7) is 2.38. The highest BCUT2D eigenvalue weighted by Crippen LogP contribution is 2.50. The van der Waals surface area contributed by atoms with Crippen molar-refractivity contribution in [3.05, 3.63) is 0 Å². The molecule has 5 heteroatoms. The molecule has 0 aromatic rings. The monoisotopic (exact) mass is 247 g/mol. The molecule has 94 valence electrons. The lowest BCUT2D eigenvalue weighted by Gasteiger charge is -2.41. The van der Waals surface area contributed by atoms with E-state index < -0.39 is 20.9 Å². The van der Waals surface area contributed by atoms with E-state index in [4.69, 9.17) is 5.73 Å². The maximum atomic E-state index is 11.6. The zero-order chi connectivity index (χ0) is 12.0. The van der Waals surface area contributed by atoms with Crippen molar-refractivity contribution in [1.29, 1.82) is 0 Å². The Hall–Kier alpha value is -0.130. The van der Waals surface area contributed by atoms with Crippen LogP contribution in [0, 0.1) is 11.3 Å². The molecule has 1 saturated carbocycles. The molecule has 1 saturated heterocycles. The van der Waals surface area contributed by atoms with Crippen LogP contribution >= 0.6 is 0 Å². The van der Waals surface area contributed by atoms with Crippen molar-refractivity contribution in [3.63, 3.8) is 0 Å². The minimum atomic E-state index is -3.00. The van der Waals surface area contributed by atoms with Crippen molar-refractivity contribution in [3.8, 4) is 0 Å². The lowest BCUT2D eigenvalue weighted by atomic mass is 9.70. The molecule has 0 radical (unpaired) electrons. The van der Waals surface area contributed by atoms with E-state index in [0.717, 1.165) is 6.42 Å². The van der Waals surface area contributed by atoms with Gasteiger partial charge in [-0.05, 0) is 31.6 Å². The highest BCUT2D eigenvalue weighted by atomic mass is 32.2. The molecule has 2 aliphatic rings. The van der Waals surface area contributed by atoms with Crippen LogP contribution in [0.15, 0.2) is 0 Å². The molecule has 1 heterocycles. The van der Waals surface area contributed by atoms with Crippen LogP contribution in [0.3, 0.4) is 0 Å². The lowest BCUT2D eigenvalue weighted by molar-refractivity contribution is -0.0645. The first kappa shape index (κ1) is 12.3. The quantitative estimate of drug-likeness (QED) is 0.735. The molecule has 2 fully saturated rings. The molecule has 0 aromatic heterocycles. The molecule has 0 bridgehead atoms. The van der Waals surface area contributed by atoms with Crippen molar-refractivity contribution in [2.24, 2.45) is 17.1 Å². The fourth-order valence-electron chi connectivity index (χ4n) is 3.38. The van der Waals surface area contributed by atoms with E-state index >= 15 is 0 Å². The highest BCUT2D eigenvalue weighted by Gasteiger charge is 2.57. The van der Waals surface area contributed by atoms with Gasteiger partial charge in [-0.25, -0.2) is 8.42 Å². The van der Waals surface area contributed by atoms with E-state index in [-0.39, 0.29) is 18.1 Å². The number of hydrogen-bond acceptors (Lipinski definition) is 4. The normalized spacial score (nSPS) is 47.3. The van der Waals surface area contributed by atoms with Gasteiger partial charge in [0.1, 0.15) is 0 Å². The zero-order valence-corrected chi connectivity index (χ0v) is 10.6. The predicted molar refractivity (Wildman–Crippen MR) is 62.7 cm³/mol. The molecule has 3 N–H and O–H groups in total. The van der Waals surface area contributed by atoms with Crippen LogP contribution in [0.1, 0.15) is 32.6 Å². The Labute approximate surface area is 97.1 Å². The third-order valence-electron chi connectivity index (χ3n) is 4.50. The molecule has 2 rings (SSSR count). The maximum Gasteiger partial charge on any atom is 0.151 e. The number of nitrogens with two attached hydrogens (primary N) is 1. The summed E-state index contributed by atoms with van der Waals surface area (Å²) >= 11 is 0. The second-order valence-corrected chi connectivity index (χ2v) is 7.89. The summed E-state index contributed by atoms with van der Waals surface area (Å²) in [7, 11) is -3.00.